The fourth-order valence-corrected chi connectivity index (χ4v) is 3.48. The Morgan fingerprint density at radius 1 is 1.35 bits per heavy atom. The van der Waals surface area contributed by atoms with E-state index in [4.69, 9.17) is 14.7 Å². The number of benzene rings is 1. The molecule has 0 spiro atoms. The Bertz CT molecular complexity index is 757. The number of nitrogens with zero attached hydrogens (tertiary/aromatic N) is 2. The normalized spacial score (nSPS) is 16.9. The van der Waals surface area contributed by atoms with Crippen LogP contribution in [0, 0.1) is 11.3 Å². The molecule has 2 heterocycles. The van der Waals surface area contributed by atoms with Crippen LogP contribution in [0.3, 0.4) is 0 Å². The maximum Gasteiger partial charge on any atom is 0.410 e. The molecule has 26 heavy (non-hydrogen) atoms. The van der Waals surface area contributed by atoms with E-state index >= 15 is 0 Å². The molecule has 1 aromatic carbocycles. The van der Waals surface area contributed by atoms with Crippen LogP contribution in [0.2, 0.25) is 0 Å². The van der Waals surface area contributed by atoms with E-state index in [0.29, 0.717) is 37.7 Å². The van der Waals surface area contributed by atoms with Crippen LogP contribution in [0.4, 0.5) is 4.79 Å². The molecule has 0 aliphatic carbocycles. The van der Waals surface area contributed by atoms with Crippen molar-refractivity contribution in [2.75, 3.05) is 26.2 Å². The zero-order valence-electron chi connectivity index (χ0n) is 14.4. The zero-order valence-corrected chi connectivity index (χ0v) is 15.2. The molecule has 3 rings (SSSR count). The van der Waals surface area contributed by atoms with E-state index in [1.807, 2.05) is 42.5 Å². The monoisotopic (exact) mass is 371 g/mol. The van der Waals surface area contributed by atoms with Gasteiger partial charge in [0, 0.05) is 24.5 Å². The molecule has 1 aliphatic rings. The minimum atomic E-state index is -0.306. The molecule has 6 nitrogen and oxygen atoms in total. The summed E-state index contributed by atoms with van der Waals surface area (Å²) in [5, 5.41) is 12.2. The lowest BCUT2D eigenvalue weighted by atomic mass is 10.2. The molecule has 136 valence electrons. The number of carbonyl (C=O) groups is 1. The van der Waals surface area contributed by atoms with Crippen LogP contribution in [0.25, 0.3) is 0 Å². The topological polar surface area (TPSA) is 74.6 Å². The molecule has 1 amide bonds. The van der Waals surface area contributed by atoms with Gasteiger partial charge in [-0.25, -0.2) is 4.79 Å². The molecular formula is C19H21N3O3S. The third kappa shape index (κ3) is 5.30. The summed E-state index contributed by atoms with van der Waals surface area (Å²) in [6, 6.07) is 15.6. The minimum absolute atomic E-state index is 0.0663. The summed E-state index contributed by atoms with van der Waals surface area (Å²) in [5.74, 6) is 0. The molecule has 0 radical (unpaired) electrons. The van der Waals surface area contributed by atoms with E-state index in [1.165, 1.54) is 11.3 Å². The SMILES string of the molecule is N#Cc1ccc(CNCC2CN(C(=O)OCc3ccccc3)CCO2)s1. The number of ether oxygens (including phenoxy) is 2. The Labute approximate surface area is 156 Å². The van der Waals surface area contributed by atoms with Gasteiger partial charge in [0.1, 0.15) is 17.6 Å². The molecule has 1 unspecified atom stereocenters. The Hall–Kier alpha value is -2.40. The van der Waals surface area contributed by atoms with Crippen molar-refractivity contribution in [3.8, 4) is 6.07 Å². The molecule has 1 saturated heterocycles. The van der Waals surface area contributed by atoms with Gasteiger partial charge >= 0.3 is 6.09 Å². The van der Waals surface area contributed by atoms with Crippen LogP contribution >= 0.6 is 11.3 Å². The van der Waals surface area contributed by atoms with Gasteiger partial charge in [0.15, 0.2) is 0 Å². The van der Waals surface area contributed by atoms with Gasteiger partial charge in [-0.3, -0.25) is 0 Å². The highest BCUT2D eigenvalue weighted by Gasteiger charge is 2.25. The van der Waals surface area contributed by atoms with Crippen molar-refractivity contribution >= 4 is 17.4 Å². The number of amides is 1. The predicted octanol–water partition coefficient (Wildman–Crippen LogP) is 2.75. The highest BCUT2D eigenvalue weighted by molar-refractivity contribution is 7.12. The molecule has 7 heteroatoms. The Morgan fingerprint density at radius 3 is 2.96 bits per heavy atom. The number of thiophene rings is 1. The summed E-state index contributed by atoms with van der Waals surface area (Å²) in [6.45, 7) is 3.16. The van der Waals surface area contributed by atoms with Gasteiger partial charge in [-0.2, -0.15) is 5.26 Å². The van der Waals surface area contributed by atoms with Gasteiger partial charge in [-0.15, -0.1) is 11.3 Å². The maximum atomic E-state index is 12.2. The van der Waals surface area contributed by atoms with Crippen molar-refractivity contribution < 1.29 is 14.3 Å². The number of morpholine rings is 1. The lowest BCUT2D eigenvalue weighted by Crippen LogP contribution is -2.49. The number of hydrogen-bond acceptors (Lipinski definition) is 6. The van der Waals surface area contributed by atoms with Crippen LogP contribution in [0.5, 0.6) is 0 Å². The number of hydrogen-bond donors (Lipinski definition) is 1. The largest absolute Gasteiger partial charge is 0.445 e. The fourth-order valence-electron chi connectivity index (χ4n) is 2.71. The number of nitriles is 1. The average Bonchev–Trinajstić information content (AvgIpc) is 3.15. The van der Waals surface area contributed by atoms with Crippen LogP contribution < -0.4 is 5.32 Å². The second kappa shape index (κ2) is 9.34. The fraction of sp³-hybridized carbons (Fsp3) is 0.368. The second-order valence-corrected chi connectivity index (χ2v) is 7.16. The molecule has 1 N–H and O–H groups in total. The number of carbonyl (C=O) groups excluding carboxylic acids is 1. The predicted molar refractivity (Wildman–Crippen MR) is 98.7 cm³/mol. The number of nitrogens with one attached hydrogen (secondary N) is 1. The third-order valence-corrected chi connectivity index (χ3v) is 5.04. The van der Waals surface area contributed by atoms with Crippen molar-refractivity contribution in [2.45, 2.75) is 19.3 Å². The van der Waals surface area contributed by atoms with E-state index in [9.17, 15) is 4.79 Å². The molecule has 1 fully saturated rings. The molecule has 0 saturated carbocycles. The zero-order chi connectivity index (χ0) is 18.2. The van der Waals surface area contributed by atoms with Gasteiger partial charge < -0.3 is 19.7 Å². The van der Waals surface area contributed by atoms with Crippen LogP contribution in [-0.2, 0) is 22.6 Å². The Balaban J connectivity index is 1.40. The third-order valence-electron chi connectivity index (χ3n) is 4.05. The molecule has 1 atom stereocenters. The van der Waals surface area contributed by atoms with Crippen LogP contribution in [-0.4, -0.2) is 43.3 Å². The van der Waals surface area contributed by atoms with Crippen molar-refractivity contribution in [2.24, 2.45) is 0 Å². The van der Waals surface area contributed by atoms with Gasteiger partial charge in [0.05, 0.1) is 19.3 Å². The second-order valence-electron chi connectivity index (χ2n) is 5.99. The summed E-state index contributed by atoms with van der Waals surface area (Å²) in [6.07, 6.45) is -0.373. The molecule has 2 aromatic rings. The van der Waals surface area contributed by atoms with E-state index in [-0.39, 0.29) is 18.8 Å². The summed E-state index contributed by atoms with van der Waals surface area (Å²) >= 11 is 1.48. The summed E-state index contributed by atoms with van der Waals surface area (Å²) in [4.78, 5) is 15.8. The van der Waals surface area contributed by atoms with E-state index in [2.05, 4.69) is 11.4 Å². The van der Waals surface area contributed by atoms with Crippen molar-refractivity contribution in [3.05, 3.63) is 57.8 Å². The van der Waals surface area contributed by atoms with Crippen LogP contribution in [0.1, 0.15) is 15.3 Å². The van der Waals surface area contributed by atoms with Gasteiger partial charge in [-0.05, 0) is 17.7 Å². The minimum Gasteiger partial charge on any atom is -0.445 e. The molecular weight excluding hydrogens is 350 g/mol. The first-order valence-electron chi connectivity index (χ1n) is 8.51. The van der Waals surface area contributed by atoms with Gasteiger partial charge in [0.25, 0.3) is 0 Å². The molecule has 0 bridgehead atoms. The van der Waals surface area contributed by atoms with Crippen molar-refractivity contribution in [1.82, 2.24) is 10.2 Å². The highest BCUT2D eigenvalue weighted by Crippen LogP contribution is 2.15. The van der Waals surface area contributed by atoms with Gasteiger partial charge in [-0.1, -0.05) is 30.3 Å². The quantitative estimate of drug-likeness (QED) is 0.845. The van der Waals surface area contributed by atoms with Crippen molar-refractivity contribution in [3.63, 3.8) is 0 Å². The molecule has 1 aromatic heterocycles. The lowest BCUT2D eigenvalue weighted by Gasteiger charge is -2.32. The van der Waals surface area contributed by atoms with Gasteiger partial charge in [0.2, 0.25) is 0 Å². The summed E-state index contributed by atoms with van der Waals surface area (Å²) in [5.41, 5.74) is 0.972. The highest BCUT2D eigenvalue weighted by atomic mass is 32.1. The Kier molecular flexibility index (Phi) is 6.61. The smallest absolute Gasteiger partial charge is 0.410 e. The standard InChI is InChI=1S/C19H21N3O3S/c20-10-17-6-7-18(26-17)12-21-11-16-13-22(8-9-24-16)19(23)25-14-15-4-2-1-3-5-15/h1-7,16,21H,8-9,11-14H2. The van der Waals surface area contributed by atoms with E-state index in [1.54, 1.807) is 4.90 Å². The first-order valence-corrected chi connectivity index (χ1v) is 9.33. The number of rotatable bonds is 6. The summed E-state index contributed by atoms with van der Waals surface area (Å²) < 4.78 is 11.1. The first kappa shape index (κ1) is 18.4. The Morgan fingerprint density at radius 2 is 2.19 bits per heavy atom. The maximum absolute atomic E-state index is 12.2. The molecule has 1 aliphatic heterocycles. The average molecular weight is 371 g/mol. The van der Waals surface area contributed by atoms with Crippen LogP contribution in [0.15, 0.2) is 42.5 Å². The summed E-state index contributed by atoms with van der Waals surface area (Å²) in [7, 11) is 0. The lowest BCUT2D eigenvalue weighted by molar-refractivity contribution is -0.0271. The first-order chi connectivity index (χ1) is 12.7. The van der Waals surface area contributed by atoms with E-state index in [0.717, 1.165) is 10.4 Å². The van der Waals surface area contributed by atoms with Crippen molar-refractivity contribution in [1.29, 1.82) is 5.26 Å². The van der Waals surface area contributed by atoms with E-state index < -0.39 is 0 Å².